The van der Waals surface area contributed by atoms with E-state index in [0.29, 0.717) is 24.2 Å². The zero-order valence-corrected chi connectivity index (χ0v) is 13.5. The van der Waals surface area contributed by atoms with E-state index >= 15 is 0 Å². The first-order valence-corrected chi connectivity index (χ1v) is 8.80. The number of nitrogens with two attached hydrogens (primary N) is 1. The fraction of sp³-hybridized carbons (Fsp3) is 0.933. The number of carbonyl (C=O) groups is 1. The van der Waals surface area contributed by atoms with Crippen LogP contribution in [0.2, 0.25) is 0 Å². The molecule has 0 aromatic rings. The Morgan fingerprint density at radius 3 is 2.68 bits per heavy atom. The molecule has 1 saturated carbocycles. The van der Waals surface area contributed by atoms with Crippen molar-refractivity contribution < 1.29 is 9.53 Å². The van der Waals surface area contributed by atoms with Crippen LogP contribution in [0.25, 0.3) is 0 Å². The third-order valence-corrected chi connectivity index (χ3v) is 4.81. The van der Waals surface area contributed by atoms with Crippen molar-refractivity contribution in [2.75, 3.05) is 12.0 Å². The molecule has 0 saturated heterocycles. The summed E-state index contributed by atoms with van der Waals surface area (Å²) in [5.74, 6) is 2.40. The Balaban J connectivity index is 2.53. The molecule has 1 fully saturated rings. The highest BCUT2D eigenvalue weighted by atomic mass is 32.2. The van der Waals surface area contributed by atoms with Gasteiger partial charge in [0.05, 0.1) is 0 Å². The molecular weight excluding hydrogens is 258 g/mol. The molecule has 0 aromatic heterocycles. The summed E-state index contributed by atoms with van der Waals surface area (Å²) >= 11 is 1.71. The maximum absolute atomic E-state index is 12.0. The van der Waals surface area contributed by atoms with Crippen LogP contribution in [0.1, 0.15) is 46.5 Å². The lowest BCUT2D eigenvalue weighted by atomic mass is 9.75. The summed E-state index contributed by atoms with van der Waals surface area (Å²) in [6, 6.07) is -0.461. The van der Waals surface area contributed by atoms with E-state index in [-0.39, 0.29) is 12.1 Å². The molecule has 0 spiro atoms. The first-order chi connectivity index (χ1) is 8.95. The summed E-state index contributed by atoms with van der Waals surface area (Å²) < 4.78 is 5.72. The van der Waals surface area contributed by atoms with Crippen molar-refractivity contribution >= 4 is 17.7 Å². The van der Waals surface area contributed by atoms with E-state index in [1.165, 1.54) is 6.42 Å². The maximum atomic E-state index is 12.0. The average molecular weight is 287 g/mol. The number of rotatable bonds is 6. The standard InChI is InChI=1S/C15H29NO2S/c1-10(2)12-6-5-11(3)9-14(12)18-15(17)13(16)7-8-19-4/h10-14H,5-9,16H2,1-4H3/t11?,12?,13-,14?/m1/s1. The highest BCUT2D eigenvalue weighted by Crippen LogP contribution is 2.35. The second-order valence-corrected chi connectivity index (χ2v) is 7.18. The molecule has 0 aliphatic heterocycles. The van der Waals surface area contributed by atoms with Crippen LogP contribution >= 0.6 is 11.8 Å². The van der Waals surface area contributed by atoms with E-state index < -0.39 is 6.04 Å². The highest BCUT2D eigenvalue weighted by Gasteiger charge is 2.34. The summed E-state index contributed by atoms with van der Waals surface area (Å²) in [5.41, 5.74) is 5.89. The van der Waals surface area contributed by atoms with Gasteiger partial charge in [0.2, 0.25) is 0 Å². The molecule has 1 rings (SSSR count). The smallest absolute Gasteiger partial charge is 0.323 e. The molecule has 3 nitrogen and oxygen atoms in total. The van der Waals surface area contributed by atoms with Gasteiger partial charge in [-0.2, -0.15) is 11.8 Å². The van der Waals surface area contributed by atoms with Crippen molar-refractivity contribution in [1.82, 2.24) is 0 Å². The van der Waals surface area contributed by atoms with Crippen molar-refractivity contribution in [2.45, 2.75) is 58.6 Å². The van der Waals surface area contributed by atoms with Gasteiger partial charge in [-0.15, -0.1) is 0 Å². The lowest BCUT2D eigenvalue weighted by Gasteiger charge is -2.37. The van der Waals surface area contributed by atoms with Gasteiger partial charge >= 0.3 is 5.97 Å². The predicted octanol–water partition coefficient (Wildman–Crippen LogP) is 3.07. The first kappa shape index (κ1) is 16.8. The van der Waals surface area contributed by atoms with E-state index in [9.17, 15) is 4.79 Å². The van der Waals surface area contributed by atoms with E-state index in [0.717, 1.165) is 18.6 Å². The molecule has 4 atom stereocenters. The lowest BCUT2D eigenvalue weighted by molar-refractivity contribution is -0.157. The average Bonchev–Trinajstić information content (AvgIpc) is 2.35. The van der Waals surface area contributed by atoms with Crippen LogP contribution in [0, 0.1) is 17.8 Å². The van der Waals surface area contributed by atoms with Crippen LogP contribution in [0.15, 0.2) is 0 Å². The van der Waals surface area contributed by atoms with E-state index in [4.69, 9.17) is 10.5 Å². The number of carbonyl (C=O) groups excluding carboxylic acids is 1. The molecule has 2 N–H and O–H groups in total. The summed E-state index contributed by atoms with van der Waals surface area (Å²) in [4.78, 5) is 12.0. The third kappa shape index (κ3) is 5.35. The topological polar surface area (TPSA) is 52.3 Å². The first-order valence-electron chi connectivity index (χ1n) is 7.40. The molecule has 19 heavy (non-hydrogen) atoms. The summed E-state index contributed by atoms with van der Waals surface area (Å²) in [5, 5.41) is 0. The minimum atomic E-state index is -0.461. The number of thioether (sulfide) groups is 1. The SMILES string of the molecule is CSCC[C@@H](N)C(=O)OC1CC(C)CCC1C(C)C. The van der Waals surface area contributed by atoms with Crippen molar-refractivity contribution in [3.05, 3.63) is 0 Å². The Morgan fingerprint density at radius 1 is 1.42 bits per heavy atom. The molecule has 0 amide bonds. The van der Waals surface area contributed by atoms with Gasteiger partial charge in [0.15, 0.2) is 0 Å². The van der Waals surface area contributed by atoms with Gasteiger partial charge in [-0.1, -0.05) is 27.2 Å². The Bertz CT molecular complexity index is 283. The molecule has 4 heteroatoms. The second kappa shape index (κ2) is 8.15. The number of hydrogen-bond acceptors (Lipinski definition) is 4. The Labute approximate surface area is 122 Å². The number of hydrogen-bond donors (Lipinski definition) is 1. The normalized spacial score (nSPS) is 29.3. The van der Waals surface area contributed by atoms with Crippen LogP contribution in [-0.4, -0.2) is 30.1 Å². The van der Waals surface area contributed by atoms with E-state index in [2.05, 4.69) is 20.8 Å². The van der Waals surface area contributed by atoms with Gasteiger partial charge in [0.25, 0.3) is 0 Å². The fourth-order valence-electron chi connectivity index (χ4n) is 2.85. The van der Waals surface area contributed by atoms with Crippen LogP contribution in [0.5, 0.6) is 0 Å². The second-order valence-electron chi connectivity index (χ2n) is 6.19. The van der Waals surface area contributed by atoms with E-state index in [1.807, 2.05) is 6.26 Å². The van der Waals surface area contributed by atoms with Crippen LogP contribution < -0.4 is 5.73 Å². The van der Waals surface area contributed by atoms with Gasteiger partial charge in [0, 0.05) is 0 Å². The van der Waals surface area contributed by atoms with Crippen molar-refractivity contribution in [3.63, 3.8) is 0 Å². The molecule has 1 aliphatic carbocycles. The van der Waals surface area contributed by atoms with Crippen molar-refractivity contribution in [2.24, 2.45) is 23.5 Å². The lowest BCUT2D eigenvalue weighted by Crippen LogP contribution is -2.41. The molecule has 1 aliphatic rings. The van der Waals surface area contributed by atoms with Gasteiger partial charge in [-0.25, -0.2) is 0 Å². The summed E-state index contributed by atoms with van der Waals surface area (Å²) in [6.45, 7) is 6.68. The molecular formula is C15H29NO2S. The monoisotopic (exact) mass is 287 g/mol. The Morgan fingerprint density at radius 2 is 2.11 bits per heavy atom. The quantitative estimate of drug-likeness (QED) is 0.763. The third-order valence-electron chi connectivity index (χ3n) is 4.16. The maximum Gasteiger partial charge on any atom is 0.323 e. The van der Waals surface area contributed by atoms with Gasteiger partial charge < -0.3 is 10.5 Å². The van der Waals surface area contributed by atoms with Crippen LogP contribution in [0.3, 0.4) is 0 Å². The zero-order chi connectivity index (χ0) is 14.4. The minimum absolute atomic E-state index is 0.0663. The fourth-order valence-corrected chi connectivity index (χ4v) is 3.34. The van der Waals surface area contributed by atoms with Gasteiger partial charge in [-0.05, 0) is 49.0 Å². The number of ether oxygens (including phenoxy) is 1. The molecule has 0 bridgehead atoms. The molecule has 3 unspecified atom stereocenters. The summed E-state index contributed by atoms with van der Waals surface area (Å²) in [6.07, 6.45) is 6.19. The van der Waals surface area contributed by atoms with Gasteiger partial charge in [0.1, 0.15) is 12.1 Å². The van der Waals surface area contributed by atoms with E-state index in [1.54, 1.807) is 11.8 Å². The van der Waals surface area contributed by atoms with Crippen LogP contribution in [-0.2, 0) is 9.53 Å². The summed E-state index contributed by atoms with van der Waals surface area (Å²) in [7, 11) is 0. The Hall–Kier alpha value is -0.220. The predicted molar refractivity (Wildman–Crippen MR) is 82.2 cm³/mol. The van der Waals surface area contributed by atoms with Gasteiger partial charge in [-0.3, -0.25) is 4.79 Å². The highest BCUT2D eigenvalue weighted by molar-refractivity contribution is 7.98. The van der Waals surface area contributed by atoms with Crippen LogP contribution in [0.4, 0.5) is 0 Å². The largest absolute Gasteiger partial charge is 0.461 e. The zero-order valence-electron chi connectivity index (χ0n) is 12.7. The Kier molecular flexibility index (Phi) is 7.22. The van der Waals surface area contributed by atoms with Crippen molar-refractivity contribution in [1.29, 1.82) is 0 Å². The minimum Gasteiger partial charge on any atom is -0.461 e. The molecule has 0 heterocycles. The molecule has 0 radical (unpaired) electrons. The molecule has 0 aromatic carbocycles. The van der Waals surface area contributed by atoms with Crippen molar-refractivity contribution in [3.8, 4) is 0 Å². The number of esters is 1. The molecule has 112 valence electrons.